The molecule has 0 aromatic heterocycles. The van der Waals surface area contributed by atoms with E-state index in [1.807, 2.05) is 32.0 Å². The van der Waals surface area contributed by atoms with Crippen molar-refractivity contribution < 1.29 is 9.72 Å². The van der Waals surface area contributed by atoms with Gasteiger partial charge in [-0.1, -0.05) is 23.8 Å². The molecule has 0 atom stereocenters. The summed E-state index contributed by atoms with van der Waals surface area (Å²) in [7, 11) is 0. The molecule has 2 aromatic rings. The van der Waals surface area contributed by atoms with Crippen LogP contribution in [0.3, 0.4) is 0 Å². The number of nitro groups is 1. The number of carbonyl (C=O) groups excluding carboxylic acids is 1. The average molecular weight is 255 g/mol. The summed E-state index contributed by atoms with van der Waals surface area (Å²) < 4.78 is 0. The zero-order valence-corrected chi connectivity index (χ0v) is 10.7. The predicted octanol–water partition coefficient (Wildman–Crippen LogP) is 3.69. The highest BCUT2D eigenvalue weighted by molar-refractivity contribution is 5.85. The minimum Gasteiger partial charge on any atom is -0.298 e. The van der Waals surface area contributed by atoms with E-state index in [2.05, 4.69) is 0 Å². The van der Waals surface area contributed by atoms with E-state index in [0.29, 0.717) is 6.29 Å². The van der Waals surface area contributed by atoms with Crippen LogP contribution in [0.4, 0.5) is 5.69 Å². The number of hydrogen-bond acceptors (Lipinski definition) is 3. The first-order valence-corrected chi connectivity index (χ1v) is 5.84. The van der Waals surface area contributed by atoms with Crippen LogP contribution in [0.2, 0.25) is 0 Å². The number of nitro benzene ring substituents is 1. The molecule has 0 heterocycles. The van der Waals surface area contributed by atoms with Crippen molar-refractivity contribution in [3.8, 4) is 11.1 Å². The maximum atomic E-state index is 10.9. The second kappa shape index (κ2) is 5.02. The molecular weight excluding hydrogens is 242 g/mol. The first-order chi connectivity index (χ1) is 9.02. The Labute approximate surface area is 110 Å². The molecule has 2 rings (SSSR count). The van der Waals surface area contributed by atoms with Crippen LogP contribution >= 0.6 is 0 Å². The molecule has 0 aliphatic heterocycles. The fraction of sp³-hybridized carbons (Fsp3) is 0.133. The monoisotopic (exact) mass is 255 g/mol. The molecule has 0 saturated carbocycles. The van der Waals surface area contributed by atoms with Crippen LogP contribution in [0.25, 0.3) is 11.1 Å². The van der Waals surface area contributed by atoms with Crippen molar-refractivity contribution >= 4 is 12.0 Å². The maximum Gasteiger partial charge on any atom is 0.279 e. The maximum absolute atomic E-state index is 10.9. The number of carbonyl (C=O) groups is 1. The normalized spacial score (nSPS) is 10.2. The highest BCUT2D eigenvalue weighted by Crippen LogP contribution is 2.28. The molecule has 0 unspecified atom stereocenters. The largest absolute Gasteiger partial charge is 0.298 e. The van der Waals surface area contributed by atoms with E-state index < -0.39 is 4.92 Å². The highest BCUT2D eigenvalue weighted by Gasteiger charge is 2.14. The summed E-state index contributed by atoms with van der Waals surface area (Å²) in [6.45, 7) is 3.98. The van der Waals surface area contributed by atoms with Crippen molar-refractivity contribution in [1.82, 2.24) is 0 Å². The Balaban J connectivity index is 2.57. The van der Waals surface area contributed by atoms with Crippen LogP contribution in [-0.2, 0) is 0 Å². The quantitative estimate of drug-likeness (QED) is 0.477. The molecule has 0 spiro atoms. The summed E-state index contributed by atoms with van der Waals surface area (Å²) in [5.74, 6) is 0. The summed E-state index contributed by atoms with van der Waals surface area (Å²) in [6.07, 6.45) is 0.519. The van der Waals surface area contributed by atoms with Crippen molar-refractivity contribution in [2.24, 2.45) is 0 Å². The van der Waals surface area contributed by atoms with Crippen molar-refractivity contribution in [2.75, 3.05) is 0 Å². The molecule has 2 aromatic carbocycles. The van der Waals surface area contributed by atoms with Crippen molar-refractivity contribution in [3.63, 3.8) is 0 Å². The van der Waals surface area contributed by atoms with Crippen LogP contribution < -0.4 is 0 Å². The van der Waals surface area contributed by atoms with Gasteiger partial charge in [0, 0.05) is 6.07 Å². The van der Waals surface area contributed by atoms with Gasteiger partial charge in [0.25, 0.3) is 5.69 Å². The molecule has 96 valence electrons. The Morgan fingerprint density at radius 2 is 1.84 bits per heavy atom. The van der Waals surface area contributed by atoms with Gasteiger partial charge in [0.2, 0.25) is 0 Å². The molecule has 0 amide bonds. The third kappa shape index (κ3) is 2.52. The van der Waals surface area contributed by atoms with E-state index in [9.17, 15) is 14.9 Å². The van der Waals surface area contributed by atoms with Crippen LogP contribution in [0.5, 0.6) is 0 Å². The molecular formula is C15H13NO3. The van der Waals surface area contributed by atoms with Crippen molar-refractivity contribution in [3.05, 3.63) is 63.2 Å². The molecule has 4 heteroatoms. The van der Waals surface area contributed by atoms with Gasteiger partial charge in [0.1, 0.15) is 0 Å². The Bertz CT molecular complexity index is 662. The number of nitrogens with zero attached hydrogens (tertiary/aromatic N) is 1. The minimum absolute atomic E-state index is 0.0995. The first-order valence-electron chi connectivity index (χ1n) is 5.84. The Hall–Kier alpha value is -2.49. The fourth-order valence-corrected chi connectivity index (χ4v) is 2.12. The molecule has 0 fully saturated rings. The van der Waals surface area contributed by atoms with Gasteiger partial charge in [-0.15, -0.1) is 0 Å². The fourth-order valence-electron chi connectivity index (χ4n) is 2.12. The zero-order chi connectivity index (χ0) is 14.0. The lowest BCUT2D eigenvalue weighted by Gasteiger charge is -2.08. The molecule has 4 nitrogen and oxygen atoms in total. The van der Waals surface area contributed by atoms with E-state index in [1.54, 1.807) is 12.1 Å². The van der Waals surface area contributed by atoms with Gasteiger partial charge in [-0.25, -0.2) is 0 Å². The van der Waals surface area contributed by atoms with Gasteiger partial charge in [-0.05, 0) is 42.7 Å². The minimum atomic E-state index is -0.546. The molecule has 19 heavy (non-hydrogen) atoms. The number of benzene rings is 2. The molecule has 0 bridgehead atoms. The van der Waals surface area contributed by atoms with E-state index in [-0.39, 0.29) is 11.3 Å². The summed E-state index contributed by atoms with van der Waals surface area (Å²) >= 11 is 0. The zero-order valence-electron chi connectivity index (χ0n) is 10.7. The van der Waals surface area contributed by atoms with E-state index in [4.69, 9.17) is 0 Å². The van der Waals surface area contributed by atoms with Crippen LogP contribution in [-0.4, -0.2) is 11.2 Å². The molecule has 0 aliphatic carbocycles. The second-order valence-corrected chi connectivity index (χ2v) is 4.47. The smallest absolute Gasteiger partial charge is 0.279 e. The lowest BCUT2D eigenvalue weighted by molar-refractivity contribution is -0.385. The van der Waals surface area contributed by atoms with Gasteiger partial charge in [-0.3, -0.25) is 14.9 Å². The number of rotatable bonds is 3. The molecule has 0 radical (unpaired) electrons. The SMILES string of the molecule is Cc1ccc(-c2ccc([N+](=O)[O-])c(C=O)c2)c(C)c1. The summed E-state index contributed by atoms with van der Waals surface area (Å²) in [4.78, 5) is 21.2. The Morgan fingerprint density at radius 3 is 2.42 bits per heavy atom. The third-order valence-corrected chi connectivity index (χ3v) is 3.04. The third-order valence-electron chi connectivity index (χ3n) is 3.04. The topological polar surface area (TPSA) is 60.2 Å². The molecule has 0 N–H and O–H groups in total. The standard InChI is InChI=1S/C15H13NO3/c1-10-3-5-14(11(2)7-10)12-4-6-15(16(18)19)13(8-12)9-17/h3-9H,1-2H3. The summed E-state index contributed by atoms with van der Waals surface area (Å²) in [5, 5.41) is 10.8. The summed E-state index contributed by atoms with van der Waals surface area (Å²) in [6, 6.07) is 10.6. The van der Waals surface area contributed by atoms with Crippen LogP contribution in [0.15, 0.2) is 36.4 Å². The van der Waals surface area contributed by atoms with Gasteiger partial charge >= 0.3 is 0 Å². The number of hydrogen-bond donors (Lipinski definition) is 0. The predicted molar refractivity (Wildman–Crippen MR) is 73.4 cm³/mol. The average Bonchev–Trinajstić information content (AvgIpc) is 2.37. The van der Waals surface area contributed by atoms with E-state index in [1.165, 1.54) is 6.07 Å². The Morgan fingerprint density at radius 1 is 1.11 bits per heavy atom. The van der Waals surface area contributed by atoms with Crippen LogP contribution in [0, 0.1) is 24.0 Å². The number of aldehydes is 1. The van der Waals surface area contributed by atoms with Gasteiger partial charge in [0.15, 0.2) is 6.29 Å². The highest BCUT2D eigenvalue weighted by atomic mass is 16.6. The van der Waals surface area contributed by atoms with Gasteiger partial charge in [-0.2, -0.15) is 0 Å². The van der Waals surface area contributed by atoms with Crippen molar-refractivity contribution in [2.45, 2.75) is 13.8 Å². The Kier molecular flexibility index (Phi) is 3.42. The van der Waals surface area contributed by atoms with Gasteiger partial charge < -0.3 is 0 Å². The molecule has 0 aliphatic rings. The number of aryl methyl sites for hydroxylation is 2. The first kappa shape index (κ1) is 13.0. The van der Waals surface area contributed by atoms with Crippen molar-refractivity contribution in [1.29, 1.82) is 0 Å². The summed E-state index contributed by atoms with van der Waals surface area (Å²) in [5.41, 5.74) is 3.95. The second-order valence-electron chi connectivity index (χ2n) is 4.47. The lowest BCUT2D eigenvalue weighted by Crippen LogP contribution is -1.95. The van der Waals surface area contributed by atoms with E-state index >= 15 is 0 Å². The lowest BCUT2D eigenvalue weighted by atomic mass is 9.97. The van der Waals surface area contributed by atoms with E-state index in [0.717, 1.165) is 22.3 Å². The van der Waals surface area contributed by atoms with Crippen LogP contribution in [0.1, 0.15) is 21.5 Å². The molecule has 0 saturated heterocycles. The van der Waals surface area contributed by atoms with Gasteiger partial charge in [0.05, 0.1) is 10.5 Å².